The summed E-state index contributed by atoms with van der Waals surface area (Å²) in [6.45, 7) is 6.98. The van der Waals surface area contributed by atoms with Crippen molar-refractivity contribution in [1.82, 2.24) is 10.3 Å². The molecule has 0 saturated heterocycles. The topological polar surface area (TPSA) is 44.9 Å². The second-order valence-electron chi connectivity index (χ2n) is 7.07. The molecular weight excluding hydrogens is 296 g/mol. The Morgan fingerprint density at radius 3 is 2.71 bits per heavy atom. The first-order chi connectivity index (χ1) is 11.5. The summed E-state index contributed by atoms with van der Waals surface area (Å²) in [7, 11) is 0. The molecule has 0 bridgehead atoms. The predicted molar refractivity (Wildman–Crippen MR) is 99.2 cm³/mol. The Hall–Kier alpha value is -2.55. The highest BCUT2D eigenvalue weighted by atomic mass is 16.1. The summed E-state index contributed by atoms with van der Waals surface area (Å²) in [4.78, 5) is 15.6. The number of aromatic amines is 1. The van der Waals surface area contributed by atoms with Crippen LogP contribution in [0.1, 0.15) is 30.5 Å². The molecule has 0 radical (unpaired) electrons. The maximum Gasteiger partial charge on any atom is 0.224 e. The number of carbonyl (C=O) groups excluding carboxylic acids is 1. The molecule has 0 spiro atoms. The van der Waals surface area contributed by atoms with Gasteiger partial charge in [0.05, 0.1) is 6.42 Å². The van der Waals surface area contributed by atoms with Gasteiger partial charge in [0.1, 0.15) is 0 Å². The van der Waals surface area contributed by atoms with Gasteiger partial charge in [0.2, 0.25) is 5.91 Å². The Kier molecular flexibility index (Phi) is 4.43. The second-order valence-corrected chi connectivity index (χ2v) is 7.07. The maximum absolute atomic E-state index is 12.3. The van der Waals surface area contributed by atoms with Crippen molar-refractivity contribution in [3.05, 3.63) is 71.4 Å². The molecule has 0 fully saturated rings. The zero-order chi connectivity index (χ0) is 17.2. The number of fused-ring (bicyclic) bond motifs is 1. The number of nitrogens with one attached hydrogen (secondary N) is 2. The summed E-state index contributed by atoms with van der Waals surface area (Å²) in [5.74, 6) is 0.0634. The summed E-state index contributed by atoms with van der Waals surface area (Å²) in [6.07, 6.45) is 2.48. The second kappa shape index (κ2) is 6.52. The molecule has 0 atom stereocenters. The van der Waals surface area contributed by atoms with Crippen LogP contribution in [0.15, 0.2) is 54.7 Å². The number of amides is 1. The lowest BCUT2D eigenvalue weighted by Crippen LogP contribution is -2.37. The van der Waals surface area contributed by atoms with Gasteiger partial charge in [-0.2, -0.15) is 0 Å². The highest BCUT2D eigenvalue weighted by molar-refractivity contribution is 5.84. The van der Waals surface area contributed by atoms with Gasteiger partial charge in [0, 0.05) is 29.1 Å². The van der Waals surface area contributed by atoms with Crippen LogP contribution < -0.4 is 5.32 Å². The van der Waals surface area contributed by atoms with Crippen LogP contribution in [0.2, 0.25) is 0 Å². The van der Waals surface area contributed by atoms with E-state index in [-0.39, 0.29) is 11.3 Å². The molecule has 0 aliphatic rings. The van der Waals surface area contributed by atoms with Crippen LogP contribution in [0.5, 0.6) is 0 Å². The van der Waals surface area contributed by atoms with E-state index in [1.165, 1.54) is 16.5 Å². The summed E-state index contributed by atoms with van der Waals surface area (Å²) in [5.41, 5.74) is 4.46. The highest BCUT2D eigenvalue weighted by Crippen LogP contribution is 2.29. The molecule has 0 unspecified atom stereocenters. The van der Waals surface area contributed by atoms with Crippen molar-refractivity contribution in [3.63, 3.8) is 0 Å². The standard InChI is InChI=1S/C21H24N2O/c1-15-7-6-8-16(11-15)12-20(24)23-14-21(2,3)18-13-22-19-10-5-4-9-17(18)19/h4-11,13,22H,12,14H2,1-3H3,(H,23,24). The molecule has 1 heterocycles. The third-order valence-electron chi connectivity index (χ3n) is 4.49. The number of hydrogen-bond donors (Lipinski definition) is 2. The third-order valence-corrected chi connectivity index (χ3v) is 4.49. The Labute approximate surface area is 143 Å². The van der Waals surface area contributed by atoms with Crippen molar-refractivity contribution >= 4 is 16.8 Å². The Bertz CT molecular complexity index is 861. The van der Waals surface area contributed by atoms with Crippen LogP contribution in [0.4, 0.5) is 0 Å². The van der Waals surface area contributed by atoms with E-state index < -0.39 is 0 Å². The Balaban J connectivity index is 1.67. The minimum absolute atomic E-state index is 0.0634. The minimum atomic E-state index is -0.137. The van der Waals surface area contributed by atoms with Crippen LogP contribution >= 0.6 is 0 Å². The molecule has 2 N–H and O–H groups in total. The van der Waals surface area contributed by atoms with Gasteiger partial charge in [-0.05, 0) is 24.1 Å². The largest absolute Gasteiger partial charge is 0.361 e. The lowest BCUT2D eigenvalue weighted by atomic mass is 9.84. The first-order valence-corrected chi connectivity index (χ1v) is 8.34. The van der Waals surface area contributed by atoms with E-state index >= 15 is 0 Å². The highest BCUT2D eigenvalue weighted by Gasteiger charge is 2.24. The van der Waals surface area contributed by atoms with Crippen LogP contribution in [0.25, 0.3) is 10.9 Å². The van der Waals surface area contributed by atoms with Crippen molar-refractivity contribution in [3.8, 4) is 0 Å². The van der Waals surface area contributed by atoms with Gasteiger partial charge in [-0.15, -0.1) is 0 Å². The lowest BCUT2D eigenvalue weighted by molar-refractivity contribution is -0.120. The summed E-state index contributed by atoms with van der Waals surface area (Å²) in [6, 6.07) is 16.4. The number of H-pyrrole nitrogens is 1. The van der Waals surface area contributed by atoms with Crippen molar-refractivity contribution in [2.45, 2.75) is 32.6 Å². The molecule has 24 heavy (non-hydrogen) atoms. The van der Waals surface area contributed by atoms with Crippen LogP contribution in [0.3, 0.4) is 0 Å². The summed E-state index contributed by atoms with van der Waals surface area (Å²) in [5, 5.41) is 4.31. The average Bonchev–Trinajstić information content (AvgIpc) is 2.98. The number of rotatable bonds is 5. The van der Waals surface area contributed by atoms with Crippen molar-refractivity contribution in [2.24, 2.45) is 0 Å². The number of carbonyl (C=O) groups is 1. The number of benzene rings is 2. The molecule has 3 rings (SSSR count). The van der Waals surface area contributed by atoms with Crippen LogP contribution in [0, 0.1) is 6.92 Å². The van der Waals surface area contributed by atoms with Crippen molar-refractivity contribution in [2.75, 3.05) is 6.54 Å². The predicted octanol–water partition coefficient (Wildman–Crippen LogP) is 4.11. The monoisotopic (exact) mass is 320 g/mol. The zero-order valence-electron chi connectivity index (χ0n) is 14.5. The molecule has 0 aliphatic heterocycles. The SMILES string of the molecule is Cc1cccc(CC(=O)NCC(C)(C)c2c[nH]c3ccccc23)c1. The lowest BCUT2D eigenvalue weighted by Gasteiger charge is -2.25. The quantitative estimate of drug-likeness (QED) is 0.730. The Morgan fingerprint density at radius 1 is 1.12 bits per heavy atom. The van der Waals surface area contributed by atoms with E-state index in [4.69, 9.17) is 0 Å². The average molecular weight is 320 g/mol. The van der Waals surface area contributed by atoms with E-state index in [0.717, 1.165) is 11.1 Å². The molecule has 1 aromatic heterocycles. The van der Waals surface area contributed by atoms with Gasteiger partial charge in [-0.3, -0.25) is 4.79 Å². The van der Waals surface area contributed by atoms with Gasteiger partial charge in [-0.1, -0.05) is 61.9 Å². The smallest absolute Gasteiger partial charge is 0.224 e. The molecule has 3 heteroatoms. The molecule has 1 amide bonds. The molecule has 0 aliphatic carbocycles. The van der Waals surface area contributed by atoms with Crippen LogP contribution in [-0.4, -0.2) is 17.4 Å². The van der Waals surface area contributed by atoms with Gasteiger partial charge in [-0.25, -0.2) is 0 Å². The third kappa shape index (κ3) is 3.51. The molecule has 2 aromatic carbocycles. The maximum atomic E-state index is 12.3. The number of para-hydroxylation sites is 1. The van der Waals surface area contributed by atoms with Gasteiger partial charge in [0.15, 0.2) is 0 Å². The van der Waals surface area contributed by atoms with E-state index in [1.807, 2.05) is 37.3 Å². The molecule has 124 valence electrons. The molecular formula is C21H24N2O. The number of hydrogen-bond acceptors (Lipinski definition) is 1. The first kappa shape index (κ1) is 16.3. The van der Waals surface area contributed by atoms with Crippen molar-refractivity contribution < 1.29 is 4.79 Å². The van der Waals surface area contributed by atoms with E-state index in [9.17, 15) is 4.79 Å². The van der Waals surface area contributed by atoms with Gasteiger partial charge >= 0.3 is 0 Å². The van der Waals surface area contributed by atoms with Gasteiger partial charge < -0.3 is 10.3 Å². The molecule has 0 saturated carbocycles. The fourth-order valence-corrected chi connectivity index (χ4v) is 3.12. The normalized spacial score (nSPS) is 11.6. The van der Waals surface area contributed by atoms with E-state index in [0.29, 0.717) is 13.0 Å². The minimum Gasteiger partial charge on any atom is -0.361 e. The summed E-state index contributed by atoms with van der Waals surface area (Å²) >= 11 is 0. The van der Waals surface area contributed by atoms with Crippen molar-refractivity contribution in [1.29, 1.82) is 0 Å². The van der Waals surface area contributed by atoms with E-state index in [2.05, 4.69) is 48.5 Å². The molecule has 3 nitrogen and oxygen atoms in total. The number of aryl methyl sites for hydroxylation is 1. The number of aromatic nitrogens is 1. The zero-order valence-corrected chi connectivity index (χ0v) is 14.5. The fraction of sp³-hybridized carbons (Fsp3) is 0.286. The fourth-order valence-electron chi connectivity index (χ4n) is 3.12. The van der Waals surface area contributed by atoms with E-state index in [1.54, 1.807) is 0 Å². The van der Waals surface area contributed by atoms with Gasteiger partial charge in [0.25, 0.3) is 0 Å². The summed E-state index contributed by atoms with van der Waals surface area (Å²) < 4.78 is 0. The van der Waals surface area contributed by atoms with Crippen LogP contribution in [-0.2, 0) is 16.6 Å². The Morgan fingerprint density at radius 2 is 1.92 bits per heavy atom. The molecule has 3 aromatic rings. The first-order valence-electron chi connectivity index (χ1n) is 8.34.